The predicted molar refractivity (Wildman–Crippen MR) is 57.5 cm³/mol. The smallest absolute Gasteiger partial charge is 0.418 e. The molecule has 1 N–H and O–H groups in total. The van der Waals surface area contributed by atoms with Crippen molar-refractivity contribution in [3.8, 4) is 0 Å². The van der Waals surface area contributed by atoms with Gasteiger partial charge in [-0.3, -0.25) is 0 Å². The van der Waals surface area contributed by atoms with Crippen molar-refractivity contribution in [1.29, 1.82) is 0 Å². The van der Waals surface area contributed by atoms with Crippen LogP contribution in [-0.2, 0) is 12.7 Å². The van der Waals surface area contributed by atoms with Crippen LogP contribution in [0.15, 0.2) is 30.9 Å². The lowest BCUT2D eigenvalue weighted by molar-refractivity contribution is -0.138. The lowest BCUT2D eigenvalue weighted by Crippen LogP contribution is -2.09. The molecular formula is C11H8F3N3O2. The fourth-order valence-corrected chi connectivity index (χ4v) is 1.57. The van der Waals surface area contributed by atoms with Gasteiger partial charge in [-0.2, -0.15) is 13.2 Å². The average molecular weight is 271 g/mol. The number of hydrogen-bond donors (Lipinski definition) is 1. The molecule has 0 saturated carbocycles. The van der Waals surface area contributed by atoms with Gasteiger partial charge in [0, 0.05) is 24.8 Å². The zero-order valence-electron chi connectivity index (χ0n) is 9.42. The van der Waals surface area contributed by atoms with E-state index in [-0.39, 0.29) is 6.54 Å². The highest BCUT2D eigenvalue weighted by Gasteiger charge is 2.37. The van der Waals surface area contributed by atoms with E-state index in [4.69, 9.17) is 5.11 Å². The minimum absolute atomic E-state index is 0.0306. The van der Waals surface area contributed by atoms with Crippen LogP contribution in [0.5, 0.6) is 0 Å². The van der Waals surface area contributed by atoms with E-state index in [2.05, 4.69) is 9.97 Å². The Kier molecular flexibility index (Phi) is 3.24. The molecule has 0 unspecified atom stereocenters. The molecule has 19 heavy (non-hydrogen) atoms. The number of aromatic nitrogens is 3. The first kappa shape index (κ1) is 13.1. The van der Waals surface area contributed by atoms with Gasteiger partial charge in [0.15, 0.2) is 0 Å². The number of halogens is 3. The van der Waals surface area contributed by atoms with E-state index in [1.807, 2.05) is 0 Å². The zero-order valence-corrected chi connectivity index (χ0v) is 9.42. The summed E-state index contributed by atoms with van der Waals surface area (Å²) in [6.07, 6.45) is -0.152. The summed E-state index contributed by atoms with van der Waals surface area (Å²) in [6.45, 7) is -0.0306. The molecule has 0 fully saturated rings. The first-order chi connectivity index (χ1) is 8.88. The van der Waals surface area contributed by atoms with Gasteiger partial charge < -0.3 is 9.67 Å². The van der Waals surface area contributed by atoms with Crippen LogP contribution in [-0.4, -0.2) is 25.6 Å². The predicted octanol–water partition coefficient (Wildman–Crippen LogP) is 2.04. The molecule has 0 saturated heterocycles. The summed E-state index contributed by atoms with van der Waals surface area (Å²) in [6, 6.07) is 1.57. The van der Waals surface area contributed by atoms with Crippen LogP contribution in [0.2, 0.25) is 0 Å². The molecule has 0 radical (unpaired) electrons. The molecule has 0 aliphatic carbocycles. The molecular weight excluding hydrogens is 263 g/mol. The monoisotopic (exact) mass is 271 g/mol. The highest BCUT2D eigenvalue weighted by Crippen LogP contribution is 2.32. The van der Waals surface area contributed by atoms with Gasteiger partial charge in [0.25, 0.3) is 0 Å². The Balaban J connectivity index is 2.36. The Morgan fingerprint density at radius 3 is 2.37 bits per heavy atom. The second-order valence-electron chi connectivity index (χ2n) is 3.73. The molecule has 8 heteroatoms. The topological polar surface area (TPSA) is 68.0 Å². The number of carboxylic acids is 1. The van der Waals surface area contributed by atoms with E-state index >= 15 is 0 Å². The van der Waals surface area contributed by atoms with Crippen molar-refractivity contribution in [3.63, 3.8) is 0 Å². The normalized spacial score (nSPS) is 11.5. The molecule has 0 bridgehead atoms. The van der Waals surface area contributed by atoms with Crippen LogP contribution in [0.3, 0.4) is 0 Å². The molecule has 100 valence electrons. The van der Waals surface area contributed by atoms with E-state index in [9.17, 15) is 18.0 Å². The fraction of sp³-hybridized carbons (Fsp3) is 0.182. The molecule has 0 aromatic carbocycles. The van der Waals surface area contributed by atoms with E-state index in [0.29, 0.717) is 5.82 Å². The average Bonchev–Trinajstić information content (AvgIpc) is 2.74. The van der Waals surface area contributed by atoms with E-state index in [1.165, 1.54) is 12.4 Å². The van der Waals surface area contributed by atoms with E-state index in [1.54, 1.807) is 6.07 Å². The first-order valence-corrected chi connectivity index (χ1v) is 5.14. The maximum atomic E-state index is 12.7. The van der Waals surface area contributed by atoms with Gasteiger partial charge in [0.05, 0.1) is 17.7 Å². The van der Waals surface area contributed by atoms with Crippen molar-refractivity contribution in [2.45, 2.75) is 12.7 Å². The standard InChI is InChI=1S/C11H8F3N3O2/c12-11(13,14)8-5-17(4-7(8)10(18)19)6-9-15-2-1-3-16-9/h1-5H,6H2,(H,18,19). The maximum absolute atomic E-state index is 12.7. The van der Waals surface area contributed by atoms with Crippen molar-refractivity contribution >= 4 is 5.97 Å². The summed E-state index contributed by atoms with van der Waals surface area (Å²) in [4.78, 5) is 18.5. The quantitative estimate of drug-likeness (QED) is 0.927. The van der Waals surface area contributed by atoms with Gasteiger partial charge in [-0.15, -0.1) is 0 Å². The summed E-state index contributed by atoms with van der Waals surface area (Å²) in [5.74, 6) is -1.33. The number of carboxylic acid groups (broad SMARTS) is 1. The van der Waals surface area contributed by atoms with E-state index < -0.39 is 23.3 Å². The lowest BCUT2D eigenvalue weighted by Gasteiger charge is -2.04. The van der Waals surface area contributed by atoms with E-state index in [0.717, 1.165) is 17.0 Å². The maximum Gasteiger partial charge on any atom is 0.418 e. The number of rotatable bonds is 3. The second-order valence-corrected chi connectivity index (χ2v) is 3.73. The van der Waals surface area contributed by atoms with Crippen molar-refractivity contribution in [3.05, 3.63) is 47.8 Å². The van der Waals surface area contributed by atoms with Crippen molar-refractivity contribution < 1.29 is 23.1 Å². The van der Waals surface area contributed by atoms with Gasteiger partial charge in [-0.25, -0.2) is 14.8 Å². The molecule has 0 spiro atoms. The van der Waals surface area contributed by atoms with Crippen LogP contribution in [0, 0.1) is 0 Å². The van der Waals surface area contributed by atoms with Crippen LogP contribution in [0.25, 0.3) is 0 Å². The van der Waals surface area contributed by atoms with Crippen LogP contribution in [0.1, 0.15) is 21.7 Å². The van der Waals surface area contributed by atoms with Crippen molar-refractivity contribution in [1.82, 2.24) is 14.5 Å². The summed E-state index contributed by atoms with van der Waals surface area (Å²) in [7, 11) is 0. The van der Waals surface area contributed by atoms with Gasteiger partial charge in [0.1, 0.15) is 5.82 Å². The van der Waals surface area contributed by atoms with Gasteiger partial charge >= 0.3 is 12.1 Å². The lowest BCUT2D eigenvalue weighted by atomic mass is 10.2. The minimum Gasteiger partial charge on any atom is -0.478 e. The van der Waals surface area contributed by atoms with Crippen molar-refractivity contribution in [2.24, 2.45) is 0 Å². The molecule has 0 atom stereocenters. The summed E-state index contributed by atoms with van der Waals surface area (Å²) in [5.41, 5.74) is -1.97. The highest BCUT2D eigenvalue weighted by atomic mass is 19.4. The van der Waals surface area contributed by atoms with Crippen LogP contribution in [0.4, 0.5) is 13.2 Å². The Morgan fingerprint density at radius 1 is 1.26 bits per heavy atom. The van der Waals surface area contributed by atoms with Crippen LogP contribution < -0.4 is 0 Å². The van der Waals surface area contributed by atoms with Crippen molar-refractivity contribution in [2.75, 3.05) is 0 Å². The summed E-state index contributed by atoms with van der Waals surface area (Å²) >= 11 is 0. The molecule has 0 aliphatic rings. The first-order valence-electron chi connectivity index (χ1n) is 5.14. The molecule has 5 nitrogen and oxygen atoms in total. The number of nitrogens with zero attached hydrogens (tertiary/aromatic N) is 3. The summed E-state index contributed by atoms with van der Waals surface area (Å²) < 4.78 is 39.1. The van der Waals surface area contributed by atoms with Crippen LogP contribution >= 0.6 is 0 Å². The van der Waals surface area contributed by atoms with Gasteiger partial charge in [-0.1, -0.05) is 0 Å². The molecule has 2 aromatic heterocycles. The fourth-order valence-electron chi connectivity index (χ4n) is 1.57. The molecule has 2 aromatic rings. The number of carbonyl (C=O) groups is 1. The Morgan fingerprint density at radius 2 is 1.89 bits per heavy atom. The minimum atomic E-state index is -4.71. The highest BCUT2D eigenvalue weighted by molar-refractivity contribution is 5.89. The van der Waals surface area contributed by atoms with Gasteiger partial charge in [-0.05, 0) is 6.07 Å². The van der Waals surface area contributed by atoms with Gasteiger partial charge in [0.2, 0.25) is 0 Å². The molecule has 0 aliphatic heterocycles. The zero-order chi connectivity index (χ0) is 14.0. The third kappa shape index (κ3) is 2.90. The molecule has 2 heterocycles. The number of hydrogen-bond acceptors (Lipinski definition) is 3. The Hall–Kier alpha value is -2.38. The largest absolute Gasteiger partial charge is 0.478 e. The summed E-state index contributed by atoms with van der Waals surface area (Å²) in [5, 5.41) is 8.76. The number of aromatic carboxylic acids is 1. The third-order valence-electron chi connectivity index (χ3n) is 2.36. The Labute approximate surface area is 105 Å². The molecule has 2 rings (SSSR count). The third-order valence-corrected chi connectivity index (χ3v) is 2.36. The number of alkyl halides is 3. The SMILES string of the molecule is O=C(O)c1cn(Cc2ncccn2)cc1C(F)(F)F. The Bertz CT molecular complexity index is 593. The second kappa shape index (κ2) is 4.71. The molecule has 0 amide bonds.